The molecule has 0 atom stereocenters. The van der Waals surface area contributed by atoms with E-state index in [2.05, 4.69) is 15.0 Å². The highest BCUT2D eigenvalue weighted by atomic mass is 35.5. The van der Waals surface area contributed by atoms with Crippen molar-refractivity contribution in [1.29, 1.82) is 5.26 Å². The summed E-state index contributed by atoms with van der Waals surface area (Å²) in [5, 5.41) is 11.9. The lowest BCUT2D eigenvalue weighted by Crippen LogP contribution is -2.14. The highest BCUT2D eigenvalue weighted by Gasteiger charge is 2.13. The molecule has 0 saturated heterocycles. The average Bonchev–Trinajstić information content (AvgIpc) is 2.53. The third kappa shape index (κ3) is 2.56. The quantitative estimate of drug-likeness (QED) is 0.443. The van der Waals surface area contributed by atoms with Gasteiger partial charge in [-0.2, -0.15) is 5.26 Å². The molecule has 0 unspecified atom stereocenters. The lowest BCUT2D eigenvalue weighted by atomic mass is 10.0. The fraction of sp³-hybridized carbons (Fsp3) is 0.0667. The third-order valence-corrected chi connectivity index (χ3v) is 3.95. The first kappa shape index (κ1) is 14.6. The van der Waals surface area contributed by atoms with Crippen LogP contribution in [0.25, 0.3) is 22.0 Å². The number of aromatic amines is 1. The third-order valence-electron chi connectivity index (χ3n) is 3.16. The first-order chi connectivity index (χ1) is 10.6. The molecule has 22 heavy (non-hydrogen) atoms. The van der Waals surface area contributed by atoms with Gasteiger partial charge < -0.3 is 4.98 Å². The normalized spacial score (nSPS) is 10.6. The van der Waals surface area contributed by atoms with E-state index in [-0.39, 0.29) is 5.56 Å². The monoisotopic (exact) mass is 328 g/mol. The van der Waals surface area contributed by atoms with Gasteiger partial charge in [-0.25, -0.2) is 9.97 Å². The predicted octanol–water partition coefficient (Wildman–Crippen LogP) is 3.23. The van der Waals surface area contributed by atoms with Crippen LogP contribution in [0.2, 0.25) is 5.15 Å². The largest absolute Gasteiger partial charge is 0.300 e. The van der Waals surface area contributed by atoms with Crippen molar-refractivity contribution >= 4 is 34.1 Å². The molecule has 1 aromatic carbocycles. The maximum atomic E-state index is 12.0. The lowest BCUT2D eigenvalue weighted by molar-refractivity contribution is 0.938. The first-order valence-electron chi connectivity index (χ1n) is 6.26. The van der Waals surface area contributed by atoms with Crippen molar-refractivity contribution in [2.75, 3.05) is 6.26 Å². The second-order valence-corrected chi connectivity index (χ2v) is 5.66. The Labute approximate surface area is 135 Å². The van der Waals surface area contributed by atoms with Crippen molar-refractivity contribution < 1.29 is 0 Å². The summed E-state index contributed by atoms with van der Waals surface area (Å²) >= 11 is 7.18. The van der Waals surface area contributed by atoms with Crippen molar-refractivity contribution in [1.82, 2.24) is 15.0 Å². The minimum absolute atomic E-state index is 0.000859. The van der Waals surface area contributed by atoms with Crippen molar-refractivity contribution in [3.63, 3.8) is 0 Å². The SMILES string of the molecule is CSc1nc(-c2ccc3cc(Cl)ncc3c2)c(C#N)c(=O)[nH]1. The number of hydrogen-bond donors (Lipinski definition) is 1. The van der Waals surface area contributed by atoms with Crippen LogP contribution in [0.1, 0.15) is 5.56 Å². The van der Waals surface area contributed by atoms with Crippen molar-refractivity contribution in [2.45, 2.75) is 5.16 Å². The van der Waals surface area contributed by atoms with Gasteiger partial charge in [0.2, 0.25) is 0 Å². The number of nitrogens with one attached hydrogen (secondary N) is 1. The van der Waals surface area contributed by atoms with Gasteiger partial charge in [-0.3, -0.25) is 4.79 Å². The van der Waals surface area contributed by atoms with E-state index < -0.39 is 5.56 Å². The summed E-state index contributed by atoms with van der Waals surface area (Å²) in [5.74, 6) is 0. The molecule has 0 amide bonds. The van der Waals surface area contributed by atoms with Crippen LogP contribution in [0.15, 0.2) is 40.4 Å². The number of aromatic nitrogens is 3. The van der Waals surface area contributed by atoms with Crippen LogP contribution in [0.5, 0.6) is 0 Å². The van der Waals surface area contributed by atoms with Crippen molar-refractivity contribution in [3.8, 4) is 17.3 Å². The summed E-state index contributed by atoms with van der Waals surface area (Å²) < 4.78 is 0. The Bertz CT molecular complexity index is 977. The molecule has 2 heterocycles. The fourth-order valence-corrected chi connectivity index (χ4v) is 2.67. The maximum absolute atomic E-state index is 12.0. The minimum Gasteiger partial charge on any atom is -0.300 e. The number of hydrogen-bond acceptors (Lipinski definition) is 5. The van der Waals surface area contributed by atoms with Crippen LogP contribution in [-0.4, -0.2) is 21.2 Å². The minimum atomic E-state index is -0.439. The van der Waals surface area contributed by atoms with Gasteiger partial charge in [0.1, 0.15) is 16.8 Å². The number of nitrogens with zero attached hydrogens (tertiary/aromatic N) is 3. The zero-order valence-corrected chi connectivity index (χ0v) is 13.0. The molecule has 1 N–H and O–H groups in total. The standard InChI is InChI=1S/C15H9ClN4OS/c1-22-15-19-13(11(6-17)14(21)20-15)9-3-2-8-5-12(16)18-7-10(8)4-9/h2-5,7H,1H3,(H,19,20,21). The van der Waals surface area contributed by atoms with E-state index in [1.54, 1.807) is 18.5 Å². The second kappa shape index (κ2) is 5.79. The molecule has 108 valence electrons. The molecule has 3 aromatic rings. The number of pyridine rings is 1. The second-order valence-electron chi connectivity index (χ2n) is 4.48. The Balaban J connectivity index is 2.27. The summed E-state index contributed by atoms with van der Waals surface area (Å²) in [5.41, 5.74) is 0.618. The molecule has 2 aromatic heterocycles. The molecule has 0 fully saturated rings. The van der Waals surface area contributed by atoms with Crippen LogP contribution in [0, 0.1) is 11.3 Å². The molecule has 0 saturated carbocycles. The number of benzene rings is 1. The van der Waals surface area contributed by atoms with E-state index in [9.17, 15) is 10.1 Å². The fourth-order valence-electron chi connectivity index (χ4n) is 2.12. The molecule has 0 aliphatic rings. The molecular formula is C15H9ClN4OS. The first-order valence-corrected chi connectivity index (χ1v) is 7.86. The zero-order valence-electron chi connectivity index (χ0n) is 11.4. The van der Waals surface area contributed by atoms with E-state index in [0.717, 1.165) is 10.8 Å². The number of halogens is 1. The van der Waals surface area contributed by atoms with Gasteiger partial charge in [0, 0.05) is 17.1 Å². The molecule has 0 aliphatic heterocycles. The number of H-pyrrole nitrogens is 1. The smallest absolute Gasteiger partial charge is 0.270 e. The Hall–Kier alpha value is -2.36. The average molecular weight is 329 g/mol. The highest BCUT2D eigenvalue weighted by Crippen LogP contribution is 2.26. The van der Waals surface area contributed by atoms with E-state index in [0.29, 0.717) is 21.6 Å². The van der Waals surface area contributed by atoms with Gasteiger partial charge in [-0.1, -0.05) is 35.5 Å². The summed E-state index contributed by atoms with van der Waals surface area (Å²) in [7, 11) is 0. The number of rotatable bonds is 2. The zero-order chi connectivity index (χ0) is 15.7. The Morgan fingerprint density at radius 1 is 1.32 bits per heavy atom. The van der Waals surface area contributed by atoms with E-state index in [4.69, 9.17) is 11.6 Å². The summed E-state index contributed by atoms with van der Waals surface area (Å²) in [6.07, 6.45) is 3.45. The van der Waals surface area contributed by atoms with Gasteiger partial charge in [0.05, 0.1) is 5.69 Å². The lowest BCUT2D eigenvalue weighted by Gasteiger charge is -2.06. The molecule has 0 spiro atoms. The van der Waals surface area contributed by atoms with Gasteiger partial charge in [-0.15, -0.1) is 0 Å². The summed E-state index contributed by atoms with van der Waals surface area (Å²) in [6.45, 7) is 0. The molecule has 7 heteroatoms. The number of thioether (sulfide) groups is 1. The van der Waals surface area contributed by atoms with Crippen LogP contribution in [0.4, 0.5) is 0 Å². The predicted molar refractivity (Wildman–Crippen MR) is 87.1 cm³/mol. The van der Waals surface area contributed by atoms with E-state index in [1.807, 2.05) is 24.3 Å². The van der Waals surface area contributed by atoms with Gasteiger partial charge in [-0.05, 0) is 23.8 Å². The van der Waals surface area contributed by atoms with E-state index >= 15 is 0 Å². The van der Waals surface area contributed by atoms with Crippen LogP contribution >= 0.6 is 23.4 Å². The van der Waals surface area contributed by atoms with Gasteiger partial charge >= 0.3 is 0 Å². The topological polar surface area (TPSA) is 82.4 Å². The Kier molecular flexibility index (Phi) is 3.84. The Morgan fingerprint density at radius 3 is 2.86 bits per heavy atom. The van der Waals surface area contributed by atoms with Crippen molar-refractivity contribution in [3.05, 3.63) is 51.5 Å². The highest BCUT2D eigenvalue weighted by molar-refractivity contribution is 7.98. The van der Waals surface area contributed by atoms with Crippen molar-refractivity contribution in [2.24, 2.45) is 0 Å². The van der Waals surface area contributed by atoms with Gasteiger partial charge in [0.15, 0.2) is 5.16 Å². The molecular weight excluding hydrogens is 320 g/mol. The Morgan fingerprint density at radius 2 is 2.14 bits per heavy atom. The molecule has 5 nitrogen and oxygen atoms in total. The molecule has 0 bridgehead atoms. The van der Waals surface area contributed by atoms with Crippen LogP contribution < -0.4 is 5.56 Å². The number of nitriles is 1. The molecule has 0 radical (unpaired) electrons. The van der Waals surface area contributed by atoms with Crippen LogP contribution in [-0.2, 0) is 0 Å². The molecule has 3 rings (SSSR count). The number of fused-ring (bicyclic) bond motifs is 1. The van der Waals surface area contributed by atoms with E-state index in [1.165, 1.54) is 11.8 Å². The summed E-state index contributed by atoms with van der Waals surface area (Å²) in [4.78, 5) is 22.9. The van der Waals surface area contributed by atoms with Crippen LogP contribution in [0.3, 0.4) is 0 Å². The maximum Gasteiger partial charge on any atom is 0.270 e. The molecule has 0 aliphatic carbocycles. The van der Waals surface area contributed by atoms with Gasteiger partial charge in [0.25, 0.3) is 5.56 Å². The summed E-state index contributed by atoms with van der Waals surface area (Å²) in [6, 6.07) is 9.18.